The van der Waals surface area contributed by atoms with E-state index < -0.39 is 5.97 Å². The van der Waals surface area contributed by atoms with Crippen molar-refractivity contribution >= 4 is 5.97 Å². The zero-order valence-electron chi connectivity index (χ0n) is 12.2. The molecule has 3 nitrogen and oxygen atoms in total. The summed E-state index contributed by atoms with van der Waals surface area (Å²) < 4.78 is 10.7. The number of carbonyl (C=O) groups excluding carboxylic acids is 1. The zero-order chi connectivity index (χ0) is 14.7. The Bertz CT molecular complexity index is 621. The maximum atomic E-state index is 12.3. The average Bonchev–Trinajstić information content (AvgIpc) is 2.42. The topological polar surface area (TPSA) is 35.5 Å². The second-order valence-electron chi connectivity index (χ2n) is 4.82. The molecule has 0 spiro atoms. The van der Waals surface area contributed by atoms with Crippen molar-refractivity contribution in [3.8, 4) is 11.5 Å². The van der Waals surface area contributed by atoms with Crippen molar-refractivity contribution in [2.75, 3.05) is 7.11 Å². The monoisotopic (exact) mass is 270 g/mol. The van der Waals surface area contributed by atoms with Crippen LogP contribution in [0.3, 0.4) is 0 Å². The van der Waals surface area contributed by atoms with Gasteiger partial charge in [0.1, 0.15) is 17.1 Å². The highest BCUT2D eigenvalue weighted by molar-refractivity contribution is 5.94. The van der Waals surface area contributed by atoms with E-state index in [1.54, 1.807) is 18.2 Å². The summed E-state index contributed by atoms with van der Waals surface area (Å²) in [5.41, 5.74) is 3.47. The van der Waals surface area contributed by atoms with Crippen molar-refractivity contribution < 1.29 is 14.3 Å². The van der Waals surface area contributed by atoms with E-state index >= 15 is 0 Å². The molecule has 104 valence electrons. The summed E-state index contributed by atoms with van der Waals surface area (Å²) in [5.74, 6) is 0.726. The molecule has 0 amide bonds. The van der Waals surface area contributed by atoms with Crippen molar-refractivity contribution in [2.24, 2.45) is 0 Å². The maximum Gasteiger partial charge on any atom is 0.347 e. The predicted octanol–water partition coefficient (Wildman–Crippen LogP) is 3.84. The lowest BCUT2D eigenvalue weighted by Gasteiger charge is -2.13. The molecule has 0 aliphatic carbocycles. The summed E-state index contributed by atoms with van der Waals surface area (Å²) in [5, 5.41) is 0. The third-order valence-corrected chi connectivity index (χ3v) is 3.13. The molecule has 3 heteroatoms. The highest BCUT2D eigenvalue weighted by Gasteiger charge is 2.16. The van der Waals surface area contributed by atoms with Crippen LogP contribution in [0, 0.1) is 20.8 Å². The van der Waals surface area contributed by atoms with Gasteiger partial charge < -0.3 is 9.47 Å². The molecular formula is C17H18O3. The van der Waals surface area contributed by atoms with Crippen molar-refractivity contribution in [1.29, 1.82) is 0 Å². The second kappa shape index (κ2) is 5.78. The third-order valence-electron chi connectivity index (χ3n) is 3.13. The van der Waals surface area contributed by atoms with Gasteiger partial charge in [-0.15, -0.1) is 0 Å². The van der Waals surface area contributed by atoms with Gasteiger partial charge in [-0.25, -0.2) is 4.79 Å². The zero-order valence-corrected chi connectivity index (χ0v) is 12.2. The van der Waals surface area contributed by atoms with Crippen LogP contribution in [0.15, 0.2) is 36.4 Å². The number of aryl methyl sites for hydroxylation is 3. The number of hydrogen-bond acceptors (Lipinski definition) is 3. The first-order valence-corrected chi connectivity index (χ1v) is 6.46. The number of carbonyl (C=O) groups is 1. The molecule has 0 saturated carbocycles. The Morgan fingerprint density at radius 3 is 2.20 bits per heavy atom. The fourth-order valence-electron chi connectivity index (χ4n) is 2.29. The van der Waals surface area contributed by atoms with Crippen molar-refractivity contribution in [3.05, 3.63) is 58.7 Å². The minimum absolute atomic E-state index is 0.405. The van der Waals surface area contributed by atoms with Gasteiger partial charge in [0.2, 0.25) is 0 Å². The van der Waals surface area contributed by atoms with E-state index in [4.69, 9.17) is 9.47 Å². The molecule has 0 heterocycles. The van der Waals surface area contributed by atoms with Gasteiger partial charge in [0.05, 0.1) is 7.11 Å². The van der Waals surface area contributed by atoms with E-state index in [2.05, 4.69) is 0 Å². The Balaban J connectivity index is 2.33. The number of rotatable bonds is 3. The number of benzene rings is 2. The highest BCUT2D eigenvalue weighted by atomic mass is 16.5. The molecule has 0 aliphatic heterocycles. The second-order valence-corrected chi connectivity index (χ2v) is 4.82. The molecule has 0 aromatic heterocycles. The van der Waals surface area contributed by atoms with Gasteiger partial charge >= 0.3 is 5.97 Å². The van der Waals surface area contributed by atoms with E-state index in [1.165, 1.54) is 7.11 Å². The molecule has 0 radical (unpaired) electrons. The third kappa shape index (κ3) is 2.82. The van der Waals surface area contributed by atoms with Gasteiger partial charge in [-0.3, -0.25) is 0 Å². The summed E-state index contributed by atoms with van der Waals surface area (Å²) in [7, 11) is 1.54. The smallest absolute Gasteiger partial charge is 0.347 e. The lowest BCUT2D eigenvalue weighted by atomic mass is 10.1. The largest absolute Gasteiger partial charge is 0.496 e. The number of para-hydroxylation sites is 1. The molecule has 0 N–H and O–H groups in total. The summed E-state index contributed by atoms with van der Waals surface area (Å²) in [6.45, 7) is 5.89. The van der Waals surface area contributed by atoms with Gasteiger partial charge in [0.15, 0.2) is 0 Å². The molecule has 0 saturated heterocycles. The number of methoxy groups -OCH3 is 1. The van der Waals surface area contributed by atoms with Crippen molar-refractivity contribution in [3.63, 3.8) is 0 Å². The Hall–Kier alpha value is -2.29. The number of esters is 1. The molecule has 0 bridgehead atoms. The lowest BCUT2D eigenvalue weighted by molar-refractivity contribution is 0.0729. The standard InChI is InChI=1S/C17H18O3/c1-11-9-12(2)16(13(3)10-11)20-17(18)14-7-5-6-8-15(14)19-4/h5-10H,1-4H3. The van der Waals surface area contributed by atoms with E-state index in [1.807, 2.05) is 39.0 Å². The minimum atomic E-state index is -0.405. The first-order chi connectivity index (χ1) is 9.52. The summed E-state index contributed by atoms with van der Waals surface area (Å²) >= 11 is 0. The van der Waals surface area contributed by atoms with E-state index in [0.717, 1.165) is 16.7 Å². The molecule has 2 rings (SSSR count). The van der Waals surface area contributed by atoms with E-state index in [9.17, 15) is 4.79 Å². The van der Waals surface area contributed by atoms with Crippen LogP contribution in [0.25, 0.3) is 0 Å². The lowest BCUT2D eigenvalue weighted by Crippen LogP contribution is -2.11. The normalized spacial score (nSPS) is 10.2. The fraction of sp³-hybridized carbons (Fsp3) is 0.235. The maximum absolute atomic E-state index is 12.3. The summed E-state index contributed by atoms with van der Waals surface area (Å²) in [6.07, 6.45) is 0. The summed E-state index contributed by atoms with van der Waals surface area (Å²) in [4.78, 5) is 12.3. The van der Waals surface area contributed by atoms with Crippen LogP contribution in [0.5, 0.6) is 11.5 Å². The predicted molar refractivity (Wildman–Crippen MR) is 78.6 cm³/mol. The quantitative estimate of drug-likeness (QED) is 0.628. The van der Waals surface area contributed by atoms with E-state index in [-0.39, 0.29) is 0 Å². The van der Waals surface area contributed by atoms with E-state index in [0.29, 0.717) is 17.1 Å². The van der Waals surface area contributed by atoms with Crippen LogP contribution in [0.1, 0.15) is 27.0 Å². The van der Waals surface area contributed by atoms with Crippen LogP contribution in [0.2, 0.25) is 0 Å². The number of hydrogen-bond donors (Lipinski definition) is 0. The van der Waals surface area contributed by atoms with Crippen molar-refractivity contribution in [2.45, 2.75) is 20.8 Å². The minimum Gasteiger partial charge on any atom is -0.496 e. The Morgan fingerprint density at radius 1 is 1.00 bits per heavy atom. The van der Waals surface area contributed by atoms with Gasteiger partial charge in [-0.2, -0.15) is 0 Å². The Kier molecular flexibility index (Phi) is 4.08. The Morgan fingerprint density at radius 2 is 1.60 bits per heavy atom. The first kappa shape index (κ1) is 14.1. The van der Waals surface area contributed by atoms with Gasteiger partial charge in [-0.1, -0.05) is 29.8 Å². The molecule has 20 heavy (non-hydrogen) atoms. The van der Waals surface area contributed by atoms with Crippen LogP contribution >= 0.6 is 0 Å². The fourth-order valence-corrected chi connectivity index (χ4v) is 2.29. The number of ether oxygens (including phenoxy) is 2. The molecule has 0 unspecified atom stereocenters. The van der Waals surface area contributed by atoms with Crippen LogP contribution in [-0.2, 0) is 0 Å². The highest BCUT2D eigenvalue weighted by Crippen LogP contribution is 2.27. The van der Waals surface area contributed by atoms with Crippen molar-refractivity contribution in [1.82, 2.24) is 0 Å². The Labute approximate surface area is 119 Å². The van der Waals surface area contributed by atoms with Crippen LogP contribution in [0.4, 0.5) is 0 Å². The summed E-state index contributed by atoms with van der Waals surface area (Å²) in [6, 6.07) is 11.0. The molecule has 2 aromatic carbocycles. The SMILES string of the molecule is COc1ccccc1C(=O)Oc1c(C)cc(C)cc1C. The van der Waals surface area contributed by atoms with Crippen LogP contribution in [-0.4, -0.2) is 13.1 Å². The molecule has 2 aromatic rings. The molecule has 0 fully saturated rings. The molecule has 0 atom stereocenters. The van der Waals surface area contributed by atoms with Gasteiger partial charge in [0, 0.05) is 0 Å². The first-order valence-electron chi connectivity index (χ1n) is 6.46. The van der Waals surface area contributed by atoms with Gasteiger partial charge in [0.25, 0.3) is 0 Å². The molecular weight excluding hydrogens is 252 g/mol. The van der Waals surface area contributed by atoms with Gasteiger partial charge in [-0.05, 0) is 44.0 Å². The molecule has 0 aliphatic rings. The average molecular weight is 270 g/mol. The van der Waals surface area contributed by atoms with Crippen LogP contribution < -0.4 is 9.47 Å².